The number of hydrogen-bond donors (Lipinski definition) is 3. The van der Waals surface area contributed by atoms with Crippen LogP contribution in [0.4, 0.5) is 20.4 Å². The van der Waals surface area contributed by atoms with Gasteiger partial charge in [-0.2, -0.15) is 0 Å². The molecule has 6 N–H and O–H groups in total. The van der Waals surface area contributed by atoms with Crippen LogP contribution >= 0.6 is 0 Å². The van der Waals surface area contributed by atoms with Crippen molar-refractivity contribution in [3.63, 3.8) is 0 Å². The van der Waals surface area contributed by atoms with E-state index in [1.54, 1.807) is 0 Å². The van der Waals surface area contributed by atoms with Crippen molar-refractivity contribution in [2.75, 3.05) is 12.3 Å². The molecule has 2 rings (SSSR count). The third-order valence-electron chi connectivity index (χ3n) is 3.92. The number of alkyl halides is 2. The first-order valence-electron chi connectivity index (χ1n) is 7.21. The summed E-state index contributed by atoms with van der Waals surface area (Å²) in [6.07, 6.45) is 3.44. The normalized spacial score (nSPS) is 17.0. The summed E-state index contributed by atoms with van der Waals surface area (Å²) in [6, 6.07) is 2.86. The highest BCUT2D eigenvalue weighted by molar-refractivity contribution is 5.97. The summed E-state index contributed by atoms with van der Waals surface area (Å²) in [5.74, 6) is -3.32. The predicted octanol–water partition coefficient (Wildman–Crippen LogP) is 1.72. The first-order chi connectivity index (χ1) is 11.1. The van der Waals surface area contributed by atoms with Gasteiger partial charge in [-0.1, -0.05) is 0 Å². The molecule has 130 valence electrons. The third-order valence-corrected chi connectivity index (χ3v) is 3.92. The molecule has 0 saturated heterocycles. The molecule has 1 aromatic rings. The Kier molecular flexibility index (Phi) is 4.72. The Hall–Kier alpha value is -2.71. The number of nitrogens with zero attached hydrogens (tertiary/aromatic N) is 2. The molecule has 1 aromatic heterocycles. The Morgan fingerprint density at radius 1 is 1.46 bits per heavy atom. The zero-order valence-electron chi connectivity index (χ0n) is 13.1. The lowest BCUT2D eigenvalue weighted by atomic mass is 10.0. The van der Waals surface area contributed by atoms with E-state index in [9.17, 15) is 13.6 Å². The van der Waals surface area contributed by atoms with E-state index in [-0.39, 0.29) is 29.7 Å². The highest BCUT2D eigenvalue weighted by Gasteiger charge is 2.59. The SMILES string of the molecule is CC(F)(F)C1(COC(N)=CC=Nc2ccc(C(N)=O)c(N)n2)CC1. The average molecular weight is 339 g/mol. The molecule has 0 aliphatic heterocycles. The van der Waals surface area contributed by atoms with E-state index in [1.165, 1.54) is 24.4 Å². The van der Waals surface area contributed by atoms with Gasteiger partial charge in [0.2, 0.25) is 0 Å². The molecule has 0 unspecified atom stereocenters. The monoisotopic (exact) mass is 339 g/mol. The zero-order valence-corrected chi connectivity index (χ0v) is 13.1. The molecule has 1 aliphatic rings. The molecule has 0 radical (unpaired) electrons. The molecule has 1 heterocycles. The Bertz CT molecular complexity index is 694. The van der Waals surface area contributed by atoms with Crippen molar-refractivity contribution < 1.29 is 18.3 Å². The first kappa shape index (κ1) is 17.6. The zero-order chi connectivity index (χ0) is 18.0. The molecule has 1 aliphatic carbocycles. The molecule has 9 heteroatoms. The second kappa shape index (κ2) is 6.42. The summed E-state index contributed by atoms with van der Waals surface area (Å²) in [4.78, 5) is 18.9. The van der Waals surface area contributed by atoms with Crippen LogP contribution in [0.25, 0.3) is 0 Å². The van der Waals surface area contributed by atoms with Crippen LogP contribution in [-0.4, -0.2) is 29.6 Å². The molecular weight excluding hydrogens is 320 g/mol. The number of rotatable bonds is 7. The van der Waals surface area contributed by atoms with Crippen molar-refractivity contribution >= 4 is 23.8 Å². The number of halogens is 2. The number of carbonyl (C=O) groups is 1. The van der Waals surface area contributed by atoms with Crippen LogP contribution in [0, 0.1) is 5.41 Å². The van der Waals surface area contributed by atoms with E-state index in [4.69, 9.17) is 21.9 Å². The van der Waals surface area contributed by atoms with Crippen LogP contribution in [0.1, 0.15) is 30.1 Å². The number of hydrogen-bond acceptors (Lipinski definition) is 6. The van der Waals surface area contributed by atoms with Gasteiger partial charge in [0.25, 0.3) is 11.8 Å². The number of aromatic nitrogens is 1. The number of amides is 1. The second-order valence-corrected chi connectivity index (χ2v) is 5.77. The topological polar surface area (TPSA) is 130 Å². The molecule has 7 nitrogen and oxygen atoms in total. The number of nitrogen functional groups attached to an aromatic ring is 1. The number of primary amides is 1. The maximum atomic E-state index is 13.4. The first-order valence-corrected chi connectivity index (χ1v) is 7.21. The maximum absolute atomic E-state index is 13.4. The quantitative estimate of drug-likeness (QED) is 0.514. The van der Waals surface area contributed by atoms with Crippen molar-refractivity contribution in [2.45, 2.75) is 25.7 Å². The van der Waals surface area contributed by atoms with Gasteiger partial charge in [0.05, 0.1) is 11.0 Å². The molecule has 24 heavy (non-hydrogen) atoms. The maximum Gasteiger partial charge on any atom is 0.254 e. The standard InChI is InChI=1S/C15H19F2N5O2/c1-14(16,17)15(5-6-15)8-24-10(18)4-7-21-11-3-2-9(13(20)23)12(19)22-11/h2-4,7H,5-6,8,18H2,1H3,(H2,19,22)(H2,20,23). The molecule has 0 bridgehead atoms. The summed E-state index contributed by atoms with van der Waals surface area (Å²) in [7, 11) is 0. The summed E-state index contributed by atoms with van der Waals surface area (Å²) in [5.41, 5.74) is 15.3. The highest BCUT2D eigenvalue weighted by atomic mass is 19.3. The van der Waals surface area contributed by atoms with Crippen molar-refractivity contribution in [2.24, 2.45) is 21.9 Å². The number of aliphatic imine (C=N–C) groups is 1. The van der Waals surface area contributed by atoms with Crippen molar-refractivity contribution in [3.05, 3.63) is 29.7 Å². The highest BCUT2D eigenvalue weighted by Crippen LogP contribution is 2.56. The molecule has 0 aromatic carbocycles. The molecule has 1 amide bonds. The minimum atomic E-state index is -2.80. The van der Waals surface area contributed by atoms with Gasteiger partial charge in [0.1, 0.15) is 12.4 Å². The Labute approximate surface area is 137 Å². The molecule has 1 saturated carbocycles. The summed E-state index contributed by atoms with van der Waals surface area (Å²) in [6.45, 7) is 0.738. The third kappa shape index (κ3) is 3.98. The van der Waals surface area contributed by atoms with Crippen LogP contribution < -0.4 is 17.2 Å². The minimum Gasteiger partial charge on any atom is -0.478 e. The number of allylic oxidation sites excluding steroid dienone is 1. The smallest absolute Gasteiger partial charge is 0.254 e. The van der Waals surface area contributed by atoms with Crippen molar-refractivity contribution in [1.82, 2.24) is 4.98 Å². The van der Waals surface area contributed by atoms with E-state index in [2.05, 4.69) is 9.98 Å². The van der Waals surface area contributed by atoms with Gasteiger partial charge in [0.15, 0.2) is 11.7 Å². The van der Waals surface area contributed by atoms with Gasteiger partial charge < -0.3 is 21.9 Å². The molecule has 0 spiro atoms. The van der Waals surface area contributed by atoms with Crippen LogP contribution in [0.2, 0.25) is 0 Å². The van der Waals surface area contributed by atoms with Crippen LogP contribution in [0.15, 0.2) is 29.1 Å². The van der Waals surface area contributed by atoms with Gasteiger partial charge >= 0.3 is 0 Å². The predicted molar refractivity (Wildman–Crippen MR) is 85.8 cm³/mol. The lowest BCUT2D eigenvalue weighted by Crippen LogP contribution is -2.31. The van der Waals surface area contributed by atoms with Gasteiger partial charge in [-0.25, -0.2) is 18.8 Å². The molecular formula is C15H19F2N5O2. The second-order valence-electron chi connectivity index (χ2n) is 5.77. The van der Waals surface area contributed by atoms with Crippen LogP contribution in [0.5, 0.6) is 0 Å². The van der Waals surface area contributed by atoms with Crippen LogP contribution in [-0.2, 0) is 4.74 Å². The van der Waals surface area contributed by atoms with E-state index >= 15 is 0 Å². The fraction of sp³-hybridized carbons (Fsp3) is 0.400. The Morgan fingerprint density at radius 3 is 2.62 bits per heavy atom. The fourth-order valence-corrected chi connectivity index (χ4v) is 2.06. The van der Waals surface area contributed by atoms with Gasteiger partial charge in [0, 0.05) is 19.2 Å². The summed E-state index contributed by atoms with van der Waals surface area (Å²) >= 11 is 0. The number of anilines is 1. The molecule has 1 fully saturated rings. The number of pyridine rings is 1. The van der Waals surface area contributed by atoms with E-state index < -0.39 is 17.2 Å². The minimum absolute atomic E-state index is 0.0315. The number of nitrogens with two attached hydrogens (primary N) is 3. The lowest BCUT2D eigenvalue weighted by molar-refractivity contribution is -0.0796. The fourth-order valence-electron chi connectivity index (χ4n) is 2.06. The number of carbonyl (C=O) groups excluding carboxylic acids is 1. The van der Waals surface area contributed by atoms with Gasteiger partial charge in [-0.15, -0.1) is 0 Å². The van der Waals surface area contributed by atoms with Gasteiger partial charge in [-0.3, -0.25) is 4.79 Å². The largest absolute Gasteiger partial charge is 0.478 e. The lowest BCUT2D eigenvalue weighted by Gasteiger charge is -2.22. The Balaban J connectivity index is 1.94. The van der Waals surface area contributed by atoms with E-state index in [1.807, 2.05) is 0 Å². The van der Waals surface area contributed by atoms with Crippen LogP contribution in [0.3, 0.4) is 0 Å². The summed E-state index contributed by atoms with van der Waals surface area (Å²) < 4.78 is 32.0. The average Bonchev–Trinajstić information content (AvgIpc) is 3.25. The number of ether oxygens (including phenoxy) is 1. The van der Waals surface area contributed by atoms with Crippen molar-refractivity contribution in [1.29, 1.82) is 0 Å². The van der Waals surface area contributed by atoms with Gasteiger partial charge in [-0.05, 0) is 25.0 Å². The summed E-state index contributed by atoms with van der Waals surface area (Å²) in [5, 5.41) is 0. The Morgan fingerprint density at radius 2 is 2.12 bits per heavy atom. The van der Waals surface area contributed by atoms with Crippen molar-refractivity contribution in [3.8, 4) is 0 Å². The van der Waals surface area contributed by atoms with E-state index in [0.717, 1.165) is 6.92 Å². The van der Waals surface area contributed by atoms with E-state index in [0.29, 0.717) is 12.8 Å². The molecule has 0 atom stereocenters.